The third-order valence-electron chi connectivity index (χ3n) is 4.31. The fourth-order valence-electron chi connectivity index (χ4n) is 3.05. The SMILES string of the molecule is CCCOc1ccccc1OCC(=O)Nc1ccc2c(c1)CCN2C(C)=O. The van der Waals surface area contributed by atoms with Crippen LogP contribution in [0.3, 0.4) is 0 Å². The third kappa shape index (κ3) is 4.58. The van der Waals surface area contributed by atoms with Crippen LogP contribution in [0.1, 0.15) is 25.8 Å². The summed E-state index contributed by atoms with van der Waals surface area (Å²) in [5.74, 6) is 0.964. The Kier molecular flexibility index (Phi) is 5.96. The number of fused-ring (bicyclic) bond motifs is 1. The van der Waals surface area contributed by atoms with E-state index in [1.807, 2.05) is 37.3 Å². The Morgan fingerprint density at radius 2 is 1.85 bits per heavy atom. The molecule has 1 heterocycles. The van der Waals surface area contributed by atoms with Gasteiger partial charge in [0, 0.05) is 24.8 Å². The lowest BCUT2D eigenvalue weighted by atomic mass is 10.1. The van der Waals surface area contributed by atoms with E-state index in [2.05, 4.69) is 5.32 Å². The van der Waals surface area contributed by atoms with Crippen LogP contribution in [0.15, 0.2) is 42.5 Å². The van der Waals surface area contributed by atoms with E-state index in [9.17, 15) is 9.59 Å². The number of hydrogen-bond acceptors (Lipinski definition) is 4. The average molecular weight is 368 g/mol. The quantitative estimate of drug-likeness (QED) is 0.813. The molecule has 6 heteroatoms. The molecule has 0 unspecified atom stereocenters. The monoisotopic (exact) mass is 368 g/mol. The van der Waals surface area contributed by atoms with Crippen molar-refractivity contribution in [3.8, 4) is 11.5 Å². The van der Waals surface area contributed by atoms with Crippen molar-refractivity contribution in [2.45, 2.75) is 26.7 Å². The largest absolute Gasteiger partial charge is 0.490 e. The highest BCUT2D eigenvalue weighted by Gasteiger charge is 2.22. The van der Waals surface area contributed by atoms with E-state index < -0.39 is 0 Å². The van der Waals surface area contributed by atoms with Crippen molar-refractivity contribution in [3.05, 3.63) is 48.0 Å². The molecule has 1 aliphatic rings. The summed E-state index contributed by atoms with van der Waals surface area (Å²) in [6, 6.07) is 12.9. The fourth-order valence-corrected chi connectivity index (χ4v) is 3.05. The molecule has 2 aromatic carbocycles. The van der Waals surface area contributed by atoms with Crippen LogP contribution in [0.4, 0.5) is 11.4 Å². The topological polar surface area (TPSA) is 67.9 Å². The smallest absolute Gasteiger partial charge is 0.262 e. The van der Waals surface area contributed by atoms with Gasteiger partial charge in [-0.05, 0) is 48.7 Å². The van der Waals surface area contributed by atoms with Gasteiger partial charge in [-0.3, -0.25) is 9.59 Å². The summed E-state index contributed by atoms with van der Waals surface area (Å²) in [4.78, 5) is 25.6. The second kappa shape index (κ2) is 8.58. The molecule has 0 saturated carbocycles. The highest BCUT2D eigenvalue weighted by molar-refractivity contribution is 5.96. The molecule has 0 radical (unpaired) electrons. The Balaban J connectivity index is 1.59. The predicted molar refractivity (Wildman–Crippen MR) is 105 cm³/mol. The van der Waals surface area contributed by atoms with Crippen molar-refractivity contribution in [1.82, 2.24) is 0 Å². The van der Waals surface area contributed by atoms with E-state index in [1.165, 1.54) is 0 Å². The van der Waals surface area contributed by atoms with Crippen LogP contribution in [0.5, 0.6) is 11.5 Å². The van der Waals surface area contributed by atoms with Gasteiger partial charge in [0.05, 0.1) is 6.61 Å². The molecule has 0 spiro atoms. The molecule has 0 aromatic heterocycles. The molecule has 0 bridgehead atoms. The molecule has 6 nitrogen and oxygen atoms in total. The Hall–Kier alpha value is -3.02. The second-order valence-corrected chi connectivity index (χ2v) is 6.40. The molecular weight excluding hydrogens is 344 g/mol. The number of rotatable bonds is 7. The van der Waals surface area contributed by atoms with Gasteiger partial charge in [-0.1, -0.05) is 19.1 Å². The molecule has 1 aliphatic heterocycles. The van der Waals surface area contributed by atoms with Crippen LogP contribution in [0.2, 0.25) is 0 Å². The number of anilines is 2. The van der Waals surface area contributed by atoms with Gasteiger partial charge in [0.25, 0.3) is 5.91 Å². The maximum Gasteiger partial charge on any atom is 0.262 e. The highest BCUT2D eigenvalue weighted by atomic mass is 16.5. The zero-order chi connectivity index (χ0) is 19.2. The number of hydrogen-bond donors (Lipinski definition) is 1. The predicted octanol–water partition coefficient (Wildman–Crippen LogP) is 3.40. The molecule has 142 valence electrons. The summed E-state index contributed by atoms with van der Waals surface area (Å²) in [5.41, 5.74) is 2.67. The van der Waals surface area contributed by atoms with Gasteiger partial charge in [-0.25, -0.2) is 0 Å². The lowest BCUT2D eigenvalue weighted by Crippen LogP contribution is -2.25. The second-order valence-electron chi connectivity index (χ2n) is 6.40. The third-order valence-corrected chi connectivity index (χ3v) is 4.31. The summed E-state index contributed by atoms with van der Waals surface area (Å²) >= 11 is 0. The first-order chi connectivity index (χ1) is 13.1. The van der Waals surface area contributed by atoms with Gasteiger partial charge in [-0.15, -0.1) is 0 Å². The number of ether oxygens (including phenoxy) is 2. The van der Waals surface area contributed by atoms with Crippen LogP contribution in [-0.4, -0.2) is 31.6 Å². The lowest BCUT2D eigenvalue weighted by molar-refractivity contribution is -0.118. The number of carbonyl (C=O) groups is 2. The molecule has 1 N–H and O–H groups in total. The molecule has 2 aromatic rings. The number of para-hydroxylation sites is 2. The van der Waals surface area contributed by atoms with E-state index >= 15 is 0 Å². The van der Waals surface area contributed by atoms with E-state index in [1.54, 1.807) is 24.0 Å². The minimum absolute atomic E-state index is 0.0305. The van der Waals surface area contributed by atoms with Gasteiger partial charge < -0.3 is 19.7 Å². The number of amides is 2. The minimum atomic E-state index is -0.248. The van der Waals surface area contributed by atoms with Crippen LogP contribution < -0.4 is 19.7 Å². The molecular formula is C21H24N2O4. The lowest BCUT2D eigenvalue weighted by Gasteiger charge is -2.15. The minimum Gasteiger partial charge on any atom is -0.490 e. The zero-order valence-electron chi connectivity index (χ0n) is 15.7. The van der Waals surface area contributed by atoms with E-state index in [0.717, 1.165) is 24.1 Å². The Labute approximate surface area is 159 Å². The van der Waals surface area contributed by atoms with Crippen molar-refractivity contribution >= 4 is 23.2 Å². The van der Waals surface area contributed by atoms with Gasteiger partial charge >= 0.3 is 0 Å². The van der Waals surface area contributed by atoms with E-state index in [0.29, 0.717) is 30.3 Å². The Bertz CT molecular complexity index is 835. The first kappa shape index (κ1) is 18.8. The fraction of sp³-hybridized carbons (Fsp3) is 0.333. The first-order valence-electron chi connectivity index (χ1n) is 9.14. The summed E-state index contributed by atoms with van der Waals surface area (Å²) in [7, 11) is 0. The van der Waals surface area contributed by atoms with Crippen LogP contribution in [0.25, 0.3) is 0 Å². The van der Waals surface area contributed by atoms with Gasteiger partial charge in [-0.2, -0.15) is 0 Å². The van der Waals surface area contributed by atoms with Gasteiger partial charge in [0.1, 0.15) is 0 Å². The van der Waals surface area contributed by atoms with Gasteiger partial charge in [0.15, 0.2) is 18.1 Å². The maximum absolute atomic E-state index is 12.2. The molecule has 27 heavy (non-hydrogen) atoms. The van der Waals surface area contributed by atoms with E-state index in [4.69, 9.17) is 9.47 Å². The number of benzene rings is 2. The van der Waals surface area contributed by atoms with Gasteiger partial charge in [0.2, 0.25) is 5.91 Å². The van der Waals surface area contributed by atoms with Crippen LogP contribution in [-0.2, 0) is 16.0 Å². The maximum atomic E-state index is 12.2. The van der Waals surface area contributed by atoms with Crippen molar-refractivity contribution in [3.63, 3.8) is 0 Å². The Morgan fingerprint density at radius 3 is 2.56 bits per heavy atom. The van der Waals surface area contributed by atoms with E-state index in [-0.39, 0.29) is 18.4 Å². The van der Waals surface area contributed by atoms with Crippen LogP contribution in [0, 0.1) is 0 Å². The summed E-state index contributed by atoms with van der Waals surface area (Å²) in [6.07, 6.45) is 1.69. The Morgan fingerprint density at radius 1 is 1.11 bits per heavy atom. The summed E-state index contributed by atoms with van der Waals surface area (Å²) < 4.78 is 11.2. The summed E-state index contributed by atoms with van der Waals surface area (Å²) in [6.45, 7) is 4.76. The molecule has 2 amide bonds. The van der Waals surface area contributed by atoms with Crippen molar-refractivity contribution in [2.75, 3.05) is 30.0 Å². The zero-order valence-corrected chi connectivity index (χ0v) is 15.7. The standard InChI is InChI=1S/C21H24N2O4/c1-3-12-26-19-6-4-5-7-20(19)27-14-21(25)22-17-8-9-18-16(13-17)10-11-23(18)15(2)24/h4-9,13H,3,10-12,14H2,1-2H3,(H,22,25). The normalized spacial score (nSPS) is 12.4. The van der Waals surface area contributed by atoms with Crippen molar-refractivity contribution < 1.29 is 19.1 Å². The van der Waals surface area contributed by atoms with Crippen molar-refractivity contribution in [2.24, 2.45) is 0 Å². The van der Waals surface area contributed by atoms with Crippen LogP contribution >= 0.6 is 0 Å². The number of nitrogens with zero attached hydrogens (tertiary/aromatic N) is 1. The highest BCUT2D eigenvalue weighted by Crippen LogP contribution is 2.30. The number of carbonyl (C=O) groups excluding carboxylic acids is 2. The number of nitrogens with one attached hydrogen (secondary N) is 1. The molecule has 0 atom stereocenters. The average Bonchev–Trinajstić information content (AvgIpc) is 3.09. The first-order valence-corrected chi connectivity index (χ1v) is 9.14. The molecule has 0 fully saturated rings. The van der Waals surface area contributed by atoms with Crippen molar-refractivity contribution in [1.29, 1.82) is 0 Å². The molecule has 3 rings (SSSR count). The summed E-state index contributed by atoms with van der Waals surface area (Å²) in [5, 5.41) is 2.84. The molecule has 0 saturated heterocycles. The molecule has 0 aliphatic carbocycles.